The summed E-state index contributed by atoms with van der Waals surface area (Å²) in [5, 5.41) is 3.11. The molecule has 2 aromatic carbocycles. The molecule has 2 aromatic rings. The topological polar surface area (TPSA) is 97.0 Å². The monoisotopic (exact) mass is 423 g/mol. The van der Waals surface area contributed by atoms with Crippen molar-refractivity contribution in [2.45, 2.75) is 4.90 Å². The van der Waals surface area contributed by atoms with E-state index in [4.69, 9.17) is 21.1 Å². The van der Waals surface area contributed by atoms with Gasteiger partial charge < -0.3 is 19.7 Å². The van der Waals surface area contributed by atoms with Gasteiger partial charge in [-0.3, -0.25) is 9.52 Å². The number of ether oxygens (including phenoxy) is 2. The van der Waals surface area contributed by atoms with E-state index in [9.17, 15) is 13.2 Å². The summed E-state index contributed by atoms with van der Waals surface area (Å²) in [6.07, 6.45) is 0. The molecule has 1 fully saturated rings. The molecule has 0 unspecified atom stereocenters. The van der Waals surface area contributed by atoms with Crippen LogP contribution < -0.4 is 24.4 Å². The van der Waals surface area contributed by atoms with Gasteiger partial charge in [-0.05, 0) is 30.3 Å². The summed E-state index contributed by atoms with van der Waals surface area (Å²) >= 11 is 6.34. The minimum atomic E-state index is -3.83. The third-order valence-corrected chi connectivity index (χ3v) is 6.08. The average Bonchev–Trinajstić information content (AvgIpc) is 2.67. The molecule has 10 heteroatoms. The van der Waals surface area contributed by atoms with Crippen molar-refractivity contribution < 1.29 is 22.7 Å². The quantitative estimate of drug-likeness (QED) is 0.779. The van der Waals surface area contributed by atoms with E-state index in [-0.39, 0.29) is 17.3 Å². The van der Waals surface area contributed by atoms with Gasteiger partial charge in [0.1, 0.15) is 13.2 Å². The van der Waals surface area contributed by atoms with Crippen LogP contribution in [0.2, 0.25) is 5.02 Å². The molecule has 0 saturated carbocycles. The molecule has 2 N–H and O–H groups in total. The average molecular weight is 424 g/mol. The third-order valence-electron chi connectivity index (χ3n) is 4.40. The number of hydrogen-bond acceptors (Lipinski definition) is 6. The summed E-state index contributed by atoms with van der Waals surface area (Å²) in [6.45, 7) is 2.18. The maximum atomic E-state index is 12.7. The van der Waals surface area contributed by atoms with Crippen molar-refractivity contribution in [3.63, 3.8) is 0 Å². The number of carbonyl (C=O) groups is 1. The number of halogens is 1. The molecule has 2 heterocycles. The molecular formula is C18H18ClN3O5S. The number of hydrogen-bond donors (Lipinski definition) is 2. The maximum Gasteiger partial charge on any atom is 0.262 e. The second-order valence-electron chi connectivity index (χ2n) is 6.35. The summed E-state index contributed by atoms with van der Waals surface area (Å²) < 4.78 is 38.8. The van der Waals surface area contributed by atoms with Crippen LogP contribution in [0.5, 0.6) is 11.5 Å². The fourth-order valence-electron chi connectivity index (χ4n) is 3.08. The molecule has 0 bridgehead atoms. The first-order chi connectivity index (χ1) is 13.4. The number of sulfonamides is 1. The van der Waals surface area contributed by atoms with Crippen molar-refractivity contribution in [2.75, 3.05) is 42.5 Å². The first-order valence-corrected chi connectivity index (χ1v) is 10.5. The van der Waals surface area contributed by atoms with Crippen molar-refractivity contribution in [3.05, 3.63) is 41.4 Å². The van der Waals surface area contributed by atoms with Crippen LogP contribution in [0, 0.1) is 0 Å². The number of carbonyl (C=O) groups excluding carboxylic acids is 1. The zero-order valence-electron chi connectivity index (χ0n) is 14.8. The number of benzene rings is 2. The Morgan fingerprint density at radius 3 is 2.61 bits per heavy atom. The van der Waals surface area contributed by atoms with Crippen LogP contribution in [0.4, 0.5) is 11.4 Å². The van der Waals surface area contributed by atoms with Crippen LogP contribution in [0.3, 0.4) is 0 Å². The Hall–Kier alpha value is -2.65. The van der Waals surface area contributed by atoms with Gasteiger partial charge in [0.15, 0.2) is 11.5 Å². The molecule has 28 heavy (non-hydrogen) atoms. The van der Waals surface area contributed by atoms with Crippen LogP contribution in [-0.4, -0.2) is 47.2 Å². The summed E-state index contributed by atoms with van der Waals surface area (Å²) in [5.41, 5.74) is 1.00. The van der Waals surface area contributed by atoms with Crippen molar-refractivity contribution in [3.8, 4) is 11.5 Å². The van der Waals surface area contributed by atoms with Gasteiger partial charge in [0, 0.05) is 19.2 Å². The number of piperazine rings is 1. The van der Waals surface area contributed by atoms with Gasteiger partial charge >= 0.3 is 0 Å². The van der Waals surface area contributed by atoms with Gasteiger partial charge in [0.2, 0.25) is 5.91 Å². The normalized spacial score (nSPS) is 16.5. The molecule has 1 saturated heterocycles. The molecule has 2 aliphatic rings. The Balaban J connectivity index is 1.55. The van der Waals surface area contributed by atoms with Crippen molar-refractivity contribution in [1.82, 2.24) is 5.32 Å². The van der Waals surface area contributed by atoms with Crippen LogP contribution in [0.15, 0.2) is 41.3 Å². The van der Waals surface area contributed by atoms with Crippen LogP contribution >= 0.6 is 11.6 Å². The minimum Gasteiger partial charge on any atom is -0.486 e. The molecule has 148 valence electrons. The Bertz CT molecular complexity index is 1030. The van der Waals surface area contributed by atoms with E-state index < -0.39 is 10.0 Å². The SMILES string of the molecule is O=C1CN(c2ccc(NS(=O)(=O)c3ccc4c(c3)OCCO4)cc2Cl)CCN1. The van der Waals surface area contributed by atoms with Crippen LogP contribution in [-0.2, 0) is 14.8 Å². The largest absolute Gasteiger partial charge is 0.486 e. The number of rotatable bonds is 4. The van der Waals surface area contributed by atoms with Gasteiger partial charge in [-0.2, -0.15) is 0 Å². The van der Waals surface area contributed by atoms with E-state index in [1.165, 1.54) is 18.2 Å². The second-order valence-corrected chi connectivity index (χ2v) is 8.44. The lowest BCUT2D eigenvalue weighted by molar-refractivity contribution is -0.120. The molecule has 0 aromatic heterocycles. The summed E-state index contributed by atoms with van der Waals surface area (Å²) in [5.74, 6) is 0.833. The maximum absolute atomic E-state index is 12.7. The first-order valence-electron chi connectivity index (χ1n) is 8.66. The highest BCUT2D eigenvalue weighted by molar-refractivity contribution is 7.92. The first kappa shape index (κ1) is 18.7. The van der Waals surface area contributed by atoms with E-state index in [1.54, 1.807) is 18.2 Å². The summed E-state index contributed by atoms with van der Waals surface area (Å²) in [7, 11) is -3.83. The van der Waals surface area contributed by atoms with Gasteiger partial charge in [0.05, 0.1) is 27.8 Å². The fraction of sp³-hybridized carbons (Fsp3) is 0.278. The second kappa shape index (κ2) is 7.40. The fourth-order valence-corrected chi connectivity index (χ4v) is 4.44. The van der Waals surface area contributed by atoms with E-state index in [0.29, 0.717) is 54.2 Å². The van der Waals surface area contributed by atoms with Crippen LogP contribution in [0.25, 0.3) is 0 Å². The smallest absolute Gasteiger partial charge is 0.262 e. The van der Waals surface area contributed by atoms with E-state index in [0.717, 1.165) is 0 Å². The van der Waals surface area contributed by atoms with Gasteiger partial charge in [-0.1, -0.05) is 11.6 Å². The number of nitrogens with one attached hydrogen (secondary N) is 2. The van der Waals surface area contributed by atoms with Crippen LogP contribution in [0.1, 0.15) is 0 Å². The highest BCUT2D eigenvalue weighted by Gasteiger charge is 2.22. The highest BCUT2D eigenvalue weighted by atomic mass is 35.5. The number of amides is 1. The van der Waals surface area contributed by atoms with Crippen molar-refractivity contribution >= 4 is 38.9 Å². The molecule has 0 radical (unpaired) electrons. The predicted molar refractivity (Wildman–Crippen MR) is 105 cm³/mol. The molecule has 4 rings (SSSR count). The molecule has 0 atom stereocenters. The summed E-state index contributed by atoms with van der Waals surface area (Å²) in [4.78, 5) is 13.5. The molecule has 0 spiro atoms. The Labute approximate surface area is 167 Å². The zero-order valence-corrected chi connectivity index (χ0v) is 16.3. The van der Waals surface area contributed by atoms with Crippen molar-refractivity contribution in [1.29, 1.82) is 0 Å². The molecule has 2 aliphatic heterocycles. The lowest BCUT2D eigenvalue weighted by atomic mass is 10.2. The predicted octanol–water partition coefficient (Wildman–Crippen LogP) is 1.85. The number of fused-ring (bicyclic) bond motifs is 1. The lowest BCUT2D eigenvalue weighted by Crippen LogP contribution is -2.47. The van der Waals surface area contributed by atoms with E-state index >= 15 is 0 Å². The summed E-state index contributed by atoms with van der Waals surface area (Å²) in [6, 6.07) is 9.29. The van der Waals surface area contributed by atoms with E-state index in [2.05, 4.69) is 10.0 Å². The van der Waals surface area contributed by atoms with Crippen molar-refractivity contribution in [2.24, 2.45) is 0 Å². The Kier molecular flexibility index (Phi) is 4.94. The van der Waals surface area contributed by atoms with Gasteiger partial charge in [-0.25, -0.2) is 8.42 Å². The zero-order chi connectivity index (χ0) is 19.7. The van der Waals surface area contributed by atoms with Gasteiger partial charge in [0.25, 0.3) is 10.0 Å². The molecule has 8 nitrogen and oxygen atoms in total. The number of anilines is 2. The Morgan fingerprint density at radius 1 is 1.07 bits per heavy atom. The molecule has 0 aliphatic carbocycles. The van der Waals surface area contributed by atoms with Gasteiger partial charge in [-0.15, -0.1) is 0 Å². The number of nitrogens with zero attached hydrogens (tertiary/aromatic N) is 1. The standard InChI is InChI=1S/C18H18ClN3O5S/c19-14-9-12(1-3-15(14)22-6-5-20-18(23)11-22)21-28(24,25)13-2-4-16-17(10-13)27-8-7-26-16/h1-4,9-10,21H,5-8,11H2,(H,20,23). The van der Waals surface area contributed by atoms with E-state index in [1.807, 2.05) is 4.90 Å². The third kappa shape index (κ3) is 3.81. The Morgan fingerprint density at radius 2 is 1.86 bits per heavy atom. The lowest BCUT2D eigenvalue weighted by Gasteiger charge is -2.29. The minimum absolute atomic E-state index is 0.0599. The molecule has 1 amide bonds. The highest BCUT2D eigenvalue weighted by Crippen LogP contribution is 2.34. The molecular weight excluding hydrogens is 406 g/mol.